The molecule has 0 atom stereocenters. The molecule has 0 heterocycles. The summed E-state index contributed by atoms with van der Waals surface area (Å²) in [6.07, 6.45) is 13.9. The number of hydrogen-bond acceptors (Lipinski definition) is 4. The minimum atomic E-state index is -0.212. The highest BCUT2D eigenvalue weighted by molar-refractivity contribution is 5.90. The molecule has 2 aliphatic rings. The molecule has 1 aromatic carbocycles. The van der Waals surface area contributed by atoms with Gasteiger partial charge in [0.25, 0.3) is 0 Å². The molecule has 0 aromatic heterocycles. The van der Waals surface area contributed by atoms with Crippen LogP contribution in [0.2, 0.25) is 0 Å². The lowest BCUT2D eigenvalue weighted by molar-refractivity contribution is 0.000795. The molecule has 1 aromatic rings. The van der Waals surface area contributed by atoms with Crippen molar-refractivity contribution in [1.29, 1.82) is 0 Å². The number of ether oxygens (including phenoxy) is 3. The van der Waals surface area contributed by atoms with Crippen molar-refractivity contribution < 1.29 is 19.0 Å². The van der Waals surface area contributed by atoms with Crippen LogP contribution in [0, 0.1) is 18.8 Å². The summed E-state index contributed by atoms with van der Waals surface area (Å²) < 4.78 is 17.7. The van der Waals surface area contributed by atoms with Gasteiger partial charge in [-0.3, -0.25) is 0 Å². The lowest BCUT2D eigenvalue weighted by atomic mass is 9.72. The normalized spacial score (nSPS) is 24.7. The fourth-order valence-electron chi connectivity index (χ4n) is 5.21. The SMILES string of the molecule is CC(C)=CCOc1ccc(C(=O)OC2CCC(C3CCC(OCC=C(C)C)CC3)CC2)cc1C. The Morgan fingerprint density at radius 3 is 1.94 bits per heavy atom. The average molecular weight is 469 g/mol. The van der Waals surface area contributed by atoms with Gasteiger partial charge in [0.05, 0.1) is 18.3 Å². The predicted octanol–water partition coefficient (Wildman–Crippen LogP) is 7.60. The van der Waals surface area contributed by atoms with E-state index in [0.717, 1.165) is 42.6 Å². The molecule has 188 valence electrons. The summed E-state index contributed by atoms with van der Waals surface area (Å²) in [5.41, 5.74) is 4.12. The highest BCUT2D eigenvalue weighted by Crippen LogP contribution is 2.39. The van der Waals surface area contributed by atoms with E-state index in [9.17, 15) is 4.79 Å². The third-order valence-corrected chi connectivity index (χ3v) is 7.34. The Balaban J connectivity index is 1.39. The van der Waals surface area contributed by atoms with Gasteiger partial charge in [-0.15, -0.1) is 0 Å². The van der Waals surface area contributed by atoms with Crippen LogP contribution < -0.4 is 4.74 Å². The van der Waals surface area contributed by atoms with E-state index < -0.39 is 0 Å². The van der Waals surface area contributed by atoms with Crippen LogP contribution in [0.5, 0.6) is 5.75 Å². The first kappa shape index (κ1) is 26.5. The fourth-order valence-corrected chi connectivity index (χ4v) is 5.21. The Bertz CT molecular complexity index is 845. The van der Waals surface area contributed by atoms with Crippen molar-refractivity contribution in [2.45, 2.75) is 98.2 Å². The molecule has 4 nitrogen and oxygen atoms in total. The van der Waals surface area contributed by atoms with Gasteiger partial charge in [-0.25, -0.2) is 4.79 Å². The first-order valence-corrected chi connectivity index (χ1v) is 13.1. The molecule has 0 saturated heterocycles. The smallest absolute Gasteiger partial charge is 0.338 e. The number of esters is 1. The number of benzene rings is 1. The summed E-state index contributed by atoms with van der Waals surface area (Å²) >= 11 is 0. The summed E-state index contributed by atoms with van der Waals surface area (Å²) in [7, 11) is 0. The van der Waals surface area contributed by atoms with E-state index in [1.165, 1.54) is 49.7 Å². The molecule has 34 heavy (non-hydrogen) atoms. The van der Waals surface area contributed by atoms with Crippen LogP contribution in [0.1, 0.15) is 95.0 Å². The number of carbonyl (C=O) groups excluding carboxylic acids is 1. The number of rotatable bonds is 9. The third-order valence-electron chi connectivity index (χ3n) is 7.34. The number of aryl methyl sites for hydroxylation is 1. The molecule has 0 radical (unpaired) electrons. The summed E-state index contributed by atoms with van der Waals surface area (Å²) in [6, 6.07) is 5.57. The zero-order chi connectivity index (χ0) is 24.5. The third kappa shape index (κ3) is 8.30. The first-order chi connectivity index (χ1) is 16.3. The van der Waals surface area contributed by atoms with Crippen molar-refractivity contribution in [3.05, 3.63) is 52.6 Å². The maximum atomic E-state index is 12.7. The van der Waals surface area contributed by atoms with Crippen LogP contribution in [0.4, 0.5) is 0 Å². The summed E-state index contributed by atoms with van der Waals surface area (Å²) in [5, 5.41) is 0. The zero-order valence-electron chi connectivity index (χ0n) is 21.9. The molecule has 0 bridgehead atoms. The van der Waals surface area contributed by atoms with Gasteiger partial charge in [0.15, 0.2) is 0 Å². The number of hydrogen-bond donors (Lipinski definition) is 0. The molecular weight excluding hydrogens is 424 g/mol. The van der Waals surface area contributed by atoms with Gasteiger partial charge in [0, 0.05) is 0 Å². The van der Waals surface area contributed by atoms with Crippen molar-refractivity contribution in [2.75, 3.05) is 13.2 Å². The summed E-state index contributed by atoms with van der Waals surface area (Å²) in [4.78, 5) is 12.7. The largest absolute Gasteiger partial charge is 0.489 e. The monoisotopic (exact) mass is 468 g/mol. The lowest BCUT2D eigenvalue weighted by Crippen LogP contribution is -2.31. The van der Waals surface area contributed by atoms with Crippen LogP contribution in [-0.2, 0) is 9.47 Å². The van der Waals surface area contributed by atoms with E-state index in [1.807, 2.05) is 31.2 Å². The number of allylic oxidation sites excluding steroid dienone is 2. The second-order valence-electron chi connectivity index (χ2n) is 10.7. The van der Waals surface area contributed by atoms with Crippen molar-refractivity contribution in [1.82, 2.24) is 0 Å². The molecule has 4 heteroatoms. The fraction of sp³-hybridized carbons (Fsp3) is 0.633. The standard InChI is InChI=1S/C30H44O4/c1-21(2)16-18-32-27-11-6-24(7-12-27)25-8-13-28(14-9-25)34-30(31)26-10-15-29(23(5)20-26)33-19-17-22(3)4/h10,15-17,20,24-25,27-28H,6-9,11-14,18-19H2,1-5H3. The van der Waals surface area contributed by atoms with E-state index >= 15 is 0 Å². The molecule has 0 aliphatic heterocycles. The van der Waals surface area contributed by atoms with Crippen LogP contribution in [0.25, 0.3) is 0 Å². The van der Waals surface area contributed by atoms with Gasteiger partial charge >= 0.3 is 5.97 Å². The van der Waals surface area contributed by atoms with Gasteiger partial charge in [-0.1, -0.05) is 17.2 Å². The second kappa shape index (κ2) is 13.1. The predicted molar refractivity (Wildman–Crippen MR) is 138 cm³/mol. The average Bonchev–Trinajstić information content (AvgIpc) is 2.80. The van der Waals surface area contributed by atoms with Gasteiger partial charge in [-0.2, -0.15) is 0 Å². The van der Waals surface area contributed by atoms with Gasteiger partial charge in [0.2, 0.25) is 0 Å². The van der Waals surface area contributed by atoms with Crippen molar-refractivity contribution in [2.24, 2.45) is 11.8 Å². The molecule has 0 N–H and O–H groups in total. The van der Waals surface area contributed by atoms with Crippen molar-refractivity contribution >= 4 is 5.97 Å². The maximum Gasteiger partial charge on any atom is 0.338 e. The quantitative estimate of drug-likeness (QED) is 0.276. The van der Waals surface area contributed by atoms with Crippen LogP contribution in [0.15, 0.2) is 41.5 Å². The Kier molecular flexibility index (Phi) is 10.2. The molecule has 2 saturated carbocycles. The minimum Gasteiger partial charge on any atom is -0.489 e. The molecule has 0 unspecified atom stereocenters. The van der Waals surface area contributed by atoms with E-state index in [1.54, 1.807) is 0 Å². The topological polar surface area (TPSA) is 44.8 Å². The highest BCUT2D eigenvalue weighted by atomic mass is 16.5. The Hall–Kier alpha value is -2.07. The van der Waals surface area contributed by atoms with Gasteiger partial charge in [-0.05, 0) is 128 Å². The van der Waals surface area contributed by atoms with Crippen LogP contribution in [0.3, 0.4) is 0 Å². The van der Waals surface area contributed by atoms with E-state index in [4.69, 9.17) is 14.2 Å². The molecule has 3 rings (SSSR count). The molecule has 2 fully saturated rings. The van der Waals surface area contributed by atoms with Crippen LogP contribution >= 0.6 is 0 Å². The van der Waals surface area contributed by atoms with Crippen LogP contribution in [-0.4, -0.2) is 31.4 Å². The summed E-state index contributed by atoms with van der Waals surface area (Å²) in [5.74, 6) is 2.18. The molecule has 0 amide bonds. The van der Waals surface area contributed by atoms with Crippen molar-refractivity contribution in [3.63, 3.8) is 0 Å². The van der Waals surface area contributed by atoms with Gasteiger partial charge < -0.3 is 14.2 Å². The Labute approximate surface area is 206 Å². The Morgan fingerprint density at radius 2 is 1.38 bits per heavy atom. The lowest BCUT2D eigenvalue weighted by Gasteiger charge is -2.37. The van der Waals surface area contributed by atoms with E-state index in [2.05, 4.69) is 33.8 Å². The zero-order valence-corrected chi connectivity index (χ0v) is 21.9. The Morgan fingerprint density at radius 1 is 0.824 bits per heavy atom. The molecular formula is C30H44O4. The molecule has 0 spiro atoms. The van der Waals surface area contributed by atoms with E-state index in [0.29, 0.717) is 18.3 Å². The summed E-state index contributed by atoms with van der Waals surface area (Å²) in [6.45, 7) is 11.6. The molecule has 2 aliphatic carbocycles. The first-order valence-electron chi connectivity index (χ1n) is 13.1. The highest BCUT2D eigenvalue weighted by Gasteiger charge is 2.32. The second-order valence-corrected chi connectivity index (χ2v) is 10.7. The maximum absolute atomic E-state index is 12.7. The van der Waals surface area contributed by atoms with Gasteiger partial charge in [0.1, 0.15) is 18.5 Å². The van der Waals surface area contributed by atoms with E-state index in [-0.39, 0.29) is 12.1 Å². The van der Waals surface area contributed by atoms with Crippen molar-refractivity contribution in [3.8, 4) is 5.75 Å². The number of carbonyl (C=O) groups is 1. The minimum absolute atomic E-state index is 0.0430.